The number of benzene rings is 2. The van der Waals surface area contributed by atoms with E-state index in [9.17, 15) is 27.2 Å². The van der Waals surface area contributed by atoms with Gasteiger partial charge in [-0.3, -0.25) is 9.78 Å². The number of hydrogen-bond donors (Lipinski definition) is 1. The van der Waals surface area contributed by atoms with Crippen LogP contribution in [0.4, 0.5) is 17.6 Å². The fourth-order valence-electron chi connectivity index (χ4n) is 3.06. The third-order valence-corrected chi connectivity index (χ3v) is 5.73. The number of aromatic nitrogens is 3. The number of Topliss-reactive ketones (excluding diaryl/α,β-unsaturated/α-hetero) is 1. The van der Waals surface area contributed by atoms with Crippen LogP contribution in [0, 0.1) is 18.2 Å². The second-order valence-corrected chi connectivity index (χ2v) is 8.56. The van der Waals surface area contributed by atoms with Crippen LogP contribution in [0.3, 0.4) is 0 Å². The number of rotatable bonds is 6. The largest absolute Gasteiger partial charge is 0.400 e. The molecule has 5 nitrogen and oxygen atoms in total. The summed E-state index contributed by atoms with van der Waals surface area (Å²) in [6.07, 6.45) is -4.93. The van der Waals surface area contributed by atoms with Crippen LogP contribution in [0.1, 0.15) is 31.4 Å². The van der Waals surface area contributed by atoms with Crippen LogP contribution in [0.15, 0.2) is 41.2 Å². The Morgan fingerprint density at radius 2 is 1.79 bits per heavy atom. The van der Waals surface area contributed by atoms with Gasteiger partial charge in [0.05, 0.1) is 5.02 Å². The van der Waals surface area contributed by atoms with Gasteiger partial charge in [-0.1, -0.05) is 17.7 Å². The topological polar surface area (TPSA) is 75.7 Å². The van der Waals surface area contributed by atoms with Gasteiger partial charge in [0, 0.05) is 17.5 Å². The first-order valence-corrected chi connectivity index (χ1v) is 10.3. The molecule has 0 aliphatic heterocycles. The zero-order valence-electron chi connectivity index (χ0n) is 18.0. The van der Waals surface area contributed by atoms with Gasteiger partial charge in [-0.2, -0.15) is 18.2 Å². The summed E-state index contributed by atoms with van der Waals surface area (Å²) in [7, 11) is 0. The first-order valence-electron chi connectivity index (χ1n) is 9.93. The molecule has 0 fully saturated rings. The SMILES string of the molecule is Cc1cc(-c2nc(-c3cc(CCC(=O)C(C)(C)C(F)(F)F)ccc3Cl)[nH]c(=O)n2)ccc1F. The molecular formula is C23H20ClF4N3O2. The van der Waals surface area contributed by atoms with Gasteiger partial charge >= 0.3 is 11.9 Å². The third kappa shape index (κ3) is 5.30. The van der Waals surface area contributed by atoms with Gasteiger partial charge < -0.3 is 0 Å². The van der Waals surface area contributed by atoms with Crippen molar-refractivity contribution in [3.05, 3.63) is 68.8 Å². The van der Waals surface area contributed by atoms with Crippen LogP contribution in [-0.4, -0.2) is 26.9 Å². The molecule has 1 heterocycles. The lowest BCUT2D eigenvalue weighted by molar-refractivity contribution is -0.210. The first-order chi connectivity index (χ1) is 15.3. The molecule has 0 amide bonds. The maximum absolute atomic E-state index is 13.6. The molecule has 0 radical (unpaired) electrons. The van der Waals surface area contributed by atoms with Gasteiger partial charge in [-0.25, -0.2) is 14.2 Å². The summed E-state index contributed by atoms with van der Waals surface area (Å²) >= 11 is 6.27. The molecule has 0 atom stereocenters. The highest BCUT2D eigenvalue weighted by Crippen LogP contribution is 2.39. The van der Waals surface area contributed by atoms with Crippen molar-refractivity contribution in [3.8, 4) is 22.8 Å². The molecule has 0 saturated heterocycles. The highest BCUT2D eigenvalue weighted by Gasteiger charge is 2.51. The van der Waals surface area contributed by atoms with E-state index in [1.165, 1.54) is 24.3 Å². The van der Waals surface area contributed by atoms with Crippen molar-refractivity contribution in [3.63, 3.8) is 0 Å². The van der Waals surface area contributed by atoms with E-state index in [1.54, 1.807) is 19.1 Å². The van der Waals surface area contributed by atoms with Gasteiger partial charge in [-0.05, 0) is 68.7 Å². The number of nitrogens with one attached hydrogen (secondary N) is 1. The third-order valence-electron chi connectivity index (χ3n) is 5.40. The predicted molar refractivity (Wildman–Crippen MR) is 116 cm³/mol. The average Bonchev–Trinajstić information content (AvgIpc) is 2.73. The Kier molecular flexibility index (Phi) is 6.74. The number of carbonyl (C=O) groups is 1. The fourth-order valence-corrected chi connectivity index (χ4v) is 3.27. The minimum atomic E-state index is -4.65. The Balaban J connectivity index is 1.92. The summed E-state index contributed by atoms with van der Waals surface area (Å²) in [5.74, 6) is -1.21. The number of carbonyl (C=O) groups excluding carboxylic acids is 1. The molecule has 1 aromatic heterocycles. The van der Waals surface area contributed by atoms with E-state index in [0.717, 1.165) is 13.8 Å². The van der Waals surface area contributed by atoms with Gasteiger partial charge in [0.1, 0.15) is 22.8 Å². The number of aryl methyl sites for hydroxylation is 2. The summed E-state index contributed by atoms with van der Waals surface area (Å²) in [5, 5.41) is 0.233. The molecule has 0 aliphatic carbocycles. The first kappa shape index (κ1) is 24.6. The number of H-pyrrole nitrogens is 1. The summed E-state index contributed by atoms with van der Waals surface area (Å²) < 4.78 is 52.9. The smallest absolute Gasteiger partial charge is 0.299 e. The van der Waals surface area contributed by atoms with Crippen LogP contribution in [0.25, 0.3) is 22.8 Å². The lowest BCUT2D eigenvalue weighted by atomic mass is 9.84. The van der Waals surface area contributed by atoms with Crippen molar-refractivity contribution in [1.82, 2.24) is 15.0 Å². The van der Waals surface area contributed by atoms with Gasteiger partial charge in [0.25, 0.3) is 0 Å². The van der Waals surface area contributed by atoms with Crippen molar-refractivity contribution in [2.45, 2.75) is 39.8 Å². The fraction of sp³-hybridized carbons (Fsp3) is 0.304. The average molecular weight is 482 g/mol. The maximum atomic E-state index is 13.6. The molecule has 174 valence electrons. The molecule has 33 heavy (non-hydrogen) atoms. The Hall–Kier alpha value is -3.07. The number of ketones is 1. The predicted octanol–water partition coefficient (Wildman–Crippen LogP) is 5.69. The van der Waals surface area contributed by atoms with Crippen LogP contribution in [0.2, 0.25) is 5.02 Å². The molecule has 2 aromatic carbocycles. The van der Waals surface area contributed by atoms with Crippen LogP contribution < -0.4 is 5.69 Å². The number of alkyl halides is 3. The van der Waals surface area contributed by atoms with E-state index in [2.05, 4.69) is 15.0 Å². The zero-order valence-corrected chi connectivity index (χ0v) is 18.7. The molecule has 0 saturated carbocycles. The van der Waals surface area contributed by atoms with Crippen molar-refractivity contribution in [2.75, 3.05) is 0 Å². The van der Waals surface area contributed by atoms with Crippen LogP contribution >= 0.6 is 11.6 Å². The van der Waals surface area contributed by atoms with Crippen LogP contribution in [0.5, 0.6) is 0 Å². The second-order valence-electron chi connectivity index (χ2n) is 8.15. The van der Waals surface area contributed by atoms with Gasteiger partial charge in [0.15, 0.2) is 5.82 Å². The van der Waals surface area contributed by atoms with E-state index in [-0.39, 0.29) is 29.5 Å². The molecule has 1 N–H and O–H groups in total. The minimum Gasteiger partial charge on any atom is -0.299 e. The number of nitrogens with zero attached hydrogens (tertiary/aromatic N) is 2. The molecule has 0 aliphatic rings. The summed E-state index contributed by atoms with van der Waals surface area (Å²) in [5.41, 5.74) is -1.53. The highest BCUT2D eigenvalue weighted by molar-refractivity contribution is 6.33. The second kappa shape index (κ2) is 9.05. The lowest BCUT2D eigenvalue weighted by Crippen LogP contribution is -2.39. The van der Waals surface area contributed by atoms with Crippen molar-refractivity contribution in [2.24, 2.45) is 5.41 Å². The Labute approximate surface area is 191 Å². The molecule has 3 aromatic rings. The quantitative estimate of drug-likeness (QED) is 0.459. The normalized spacial score (nSPS) is 12.1. The Bertz CT molecular complexity index is 1270. The number of halogens is 5. The van der Waals surface area contributed by atoms with E-state index >= 15 is 0 Å². The molecule has 0 spiro atoms. The molecule has 10 heteroatoms. The minimum absolute atomic E-state index is 0.0435. The Morgan fingerprint density at radius 3 is 2.42 bits per heavy atom. The zero-order chi connectivity index (χ0) is 24.6. The van der Waals surface area contributed by atoms with E-state index in [0.29, 0.717) is 22.3 Å². The van der Waals surface area contributed by atoms with Gasteiger partial charge in [0.2, 0.25) is 0 Å². The summed E-state index contributed by atoms with van der Waals surface area (Å²) in [6.45, 7) is 3.27. The van der Waals surface area contributed by atoms with Crippen molar-refractivity contribution >= 4 is 17.4 Å². The molecule has 0 bridgehead atoms. The van der Waals surface area contributed by atoms with Crippen molar-refractivity contribution in [1.29, 1.82) is 0 Å². The monoisotopic (exact) mass is 481 g/mol. The van der Waals surface area contributed by atoms with E-state index in [1.807, 2.05) is 0 Å². The summed E-state index contributed by atoms with van der Waals surface area (Å²) in [4.78, 5) is 34.9. The van der Waals surface area contributed by atoms with E-state index in [4.69, 9.17) is 11.6 Å². The van der Waals surface area contributed by atoms with E-state index < -0.39 is 28.9 Å². The Morgan fingerprint density at radius 1 is 1.09 bits per heavy atom. The standard InChI is InChI=1S/C23H20ClF4N3O2/c1-12-10-14(6-8-17(12)25)19-29-20(31-21(33)30-19)15-11-13(4-7-16(15)24)5-9-18(32)22(2,3)23(26,27)28/h4,6-8,10-11H,5,9H2,1-3H3,(H,29,30,31,33). The molecular weight excluding hydrogens is 462 g/mol. The number of hydrogen-bond acceptors (Lipinski definition) is 4. The molecule has 3 rings (SSSR count). The van der Waals surface area contributed by atoms with Gasteiger partial charge in [-0.15, -0.1) is 0 Å². The highest BCUT2D eigenvalue weighted by atomic mass is 35.5. The van der Waals surface area contributed by atoms with Crippen LogP contribution in [-0.2, 0) is 11.2 Å². The lowest BCUT2D eigenvalue weighted by Gasteiger charge is -2.26. The summed E-state index contributed by atoms with van der Waals surface area (Å²) in [6, 6.07) is 8.82. The molecule has 0 unspecified atom stereocenters. The maximum Gasteiger partial charge on any atom is 0.400 e. The number of aromatic amines is 1. The van der Waals surface area contributed by atoms with Crippen molar-refractivity contribution < 1.29 is 22.4 Å².